The molecule has 0 saturated carbocycles. The summed E-state index contributed by atoms with van der Waals surface area (Å²) in [4.78, 5) is 0. The van der Waals surface area contributed by atoms with Crippen molar-refractivity contribution < 1.29 is 9.13 Å². The van der Waals surface area contributed by atoms with Crippen LogP contribution in [0.15, 0.2) is 18.2 Å². The van der Waals surface area contributed by atoms with Gasteiger partial charge in [-0.3, -0.25) is 0 Å². The maximum Gasteiger partial charge on any atom is 0.147 e. The summed E-state index contributed by atoms with van der Waals surface area (Å²) in [5.41, 5.74) is 0.532. The molecule has 1 heterocycles. The Bertz CT molecular complexity index is 380. The number of halogens is 2. The third kappa shape index (κ3) is 3.94. The van der Waals surface area contributed by atoms with E-state index in [0.29, 0.717) is 24.7 Å². The SMILES string of the molecule is Fc1c(Cl)cccc1COCCC1CCCNC1. The summed E-state index contributed by atoms with van der Waals surface area (Å²) in [6.07, 6.45) is 3.55. The van der Waals surface area contributed by atoms with Gasteiger partial charge in [0.25, 0.3) is 0 Å². The van der Waals surface area contributed by atoms with E-state index in [-0.39, 0.29) is 10.8 Å². The van der Waals surface area contributed by atoms with Gasteiger partial charge in [-0.15, -0.1) is 0 Å². The van der Waals surface area contributed by atoms with Crippen molar-refractivity contribution in [2.24, 2.45) is 5.92 Å². The van der Waals surface area contributed by atoms with Crippen LogP contribution >= 0.6 is 11.6 Å². The lowest BCUT2D eigenvalue weighted by Gasteiger charge is -2.22. The summed E-state index contributed by atoms with van der Waals surface area (Å²) >= 11 is 5.71. The average molecular weight is 272 g/mol. The van der Waals surface area contributed by atoms with Gasteiger partial charge in [-0.25, -0.2) is 4.39 Å². The zero-order valence-electron chi connectivity index (χ0n) is 10.4. The Balaban J connectivity index is 1.70. The van der Waals surface area contributed by atoms with Crippen molar-refractivity contribution in [3.8, 4) is 0 Å². The van der Waals surface area contributed by atoms with Crippen molar-refractivity contribution in [2.75, 3.05) is 19.7 Å². The van der Waals surface area contributed by atoms with Crippen LogP contribution < -0.4 is 5.32 Å². The molecule has 0 bridgehead atoms. The standard InChI is InChI=1S/C14H19ClFNO/c15-13-5-1-4-12(14(13)16)10-18-8-6-11-3-2-7-17-9-11/h1,4-5,11,17H,2-3,6-10H2. The Morgan fingerprint density at radius 3 is 3.11 bits per heavy atom. The van der Waals surface area contributed by atoms with Crippen LogP contribution in [0.5, 0.6) is 0 Å². The van der Waals surface area contributed by atoms with Gasteiger partial charge in [0.15, 0.2) is 0 Å². The Kier molecular flexibility index (Phi) is 5.42. The third-order valence-electron chi connectivity index (χ3n) is 3.36. The molecular formula is C14H19ClFNO. The molecule has 1 fully saturated rings. The largest absolute Gasteiger partial charge is 0.377 e. The third-order valence-corrected chi connectivity index (χ3v) is 3.65. The van der Waals surface area contributed by atoms with Crippen molar-refractivity contribution in [2.45, 2.75) is 25.9 Å². The first kappa shape index (κ1) is 13.8. The lowest BCUT2D eigenvalue weighted by atomic mass is 9.97. The first-order chi connectivity index (χ1) is 8.77. The molecule has 1 atom stereocenters. The van der Waals surface area contributed by atoms with Gasteiger partial charge in [0.05, 0.1) is 11.6 Å². The molecule has 4 heteroatoms. The predicted octanol–water partition coefficient (Wildman–Crippen LogP) is 3.39. The second-order valence-electron chi connectivity index (χ2n) is 4.77. The molecule has 1 aromatic rings. The highest BCUT2D eigenvalue weighted by Gasteiger charge is 2.12. The average Bonchev–Trinajstić information content (AvgIpc) is 2.40. The molecule has 0 aliphatic carbocycles. The highest BCUT2D eigenvalue weighted by atomic mass is 35.5. The van der Waals surface area contributed by atoms with Crippen LogP contribution in [-0.4, -0.2) is 19.7 Å². The first-order valence-electron chi connectivity index (χ1n) is 6.48. The van der Waals surface area contributed by atoms with Gasteiger partial charge in [-0.1, -0.05) is 23.7 Å². The Labute approximate surface area is 112 Å². The topological polar surface area (TPSA) is 21.3 Å². The van der Waals surface area contributed by atoms with E-state index < -0.39 is 0 Å². The minimum atomic E-state index is -0.363. The Hall–Kier alpha value is -0.640. The minimum absolute atomic E-state index is 0.160. The Morgan fingerprint density at radius 2 is 2.33 bits per heavy atom. The quantitative estimate of drug-likeness (QED) is 0.829. The lowest BCUT2D eigenvalue weighted by molar-refractivity contribution is 0.101. The van der Waals surface area contributed by atoms with E-state index in [0.717, 1.165) is 19.5 Å². The monoisotopic (exact) mass is 271 g/mol. The molecule has 2 nitrogen and oxygen atoms in total. The summed E-state index contributed by atoms with van der Waals surface area (Å²) < 4.78 is 19.1. The van der Waals surface area contributed by atoms with E-state index in [4.69, 9.17) is 16.3 Å². The number of hydrogen-bond donors (Lipinski definition) is 1. The number of benzene rings is 1. The molecule has 1 aliphatic heterocycles. The van der Waals surface area contributed by atoms with Gasteiger partial charge in [-0.2, -0.15) is 0 Å². The molecular weight excluding hydrogens is 253 g/mol. The smallest absolute Gasteiger partial charge is 0.147 e. The van der Waals surface area contributed by atoms with Gasteiger partial charge in [0.1, 0.15) is 5.82 Å². The molecule has 1 aliphatic rings. The van der Waals surface area contributed by atoms with Gasteiger partial charge >= 0.3 is 0 Å². The van der Waals surface area contributed by atoms with E-state index in [1.165, 1.54) is 12.8 Å². The predicted molar refractivity (Wildman–Crippen MR) is 71.3 cm³/mol. The highest BCUT2D eigenvalue weighted by Crippen LogP contribution is 2.19. The minimum Gasteiger partial charge on any atom is -0.377 e. The summed E-state index contributed by atoms with van der Waals surface area (Å²) in [6, 6.07) is 5.01. The number of nitrogens with one attached hydrogen (secondary N) is 1. The number of rotatable bonds is 5. The van der Waals surface area contributed by atoms with Crippen LogP contribution in [0, 0.1) is 11.7 Å². The highest BCUT2D eigenvalue weighted by molar-refractivity contribution is 6.30. The van der Waals surface area contributed by atoms with Crippen LogP contribution in [-0.2, 0) is 11.3 Å². The second kappa shape index (κ2) is 7.07. The molecule has 1 unspecified atom stereocenters. The number of piperidine rings is 1. The maximum absolute atomic E-state index is 13.6. The van der Waals surface area contributed by atoms with E-state index in [1.54, 1.807) is 18.2 Å². The van der Waals surface area contributed by atoms with E-state index in [9.17, 15) is 4.39 Å². The van der Waals surface area contributed by atoms with Gasteiger partial charge < -0.3 is 10.1 Å². The van der Waals surface area contributed by atoms with Crippen molar-refractivity contribution in [3.05, 3.63) is 34.6 Å². The van der Waals surface area contributed by atoms with Crippen LogP contribution in [0.25, 0.3) is 0 Å². The van der Waals surface area contributed by atoms with Gasteiger partial charge in [-0.05, 0) is 44.3 Å². The zero-order chi connectivity index (χ0) is 12.8. The molecule has 18 heavy (non-hydrogen) atoms. The van der Waals surface area contributed by atoms with Crippen molar-refractivity contribution in [1.82, 2.24) is 5.32 Å². The summed E-state index contributed by atoms with van der Waals surface area (Å²) in [5, 5.41) is 3.54. The number of hydrogen-bond acceptors (Lipinski definition) is 2. The molecule has 0 aromatic heterocycles. The van der Waals surface area contributed by atoms with E-state index in [2.05, 4.69) is 5.32 Å². The van der Waals surface area contributed by atoms with Crippen molar-refractivity contribution >= 4 is 11.6 Å². The van der Waals surface area contributed by atoms with Gasteiger partial charge in [0.2, 0.25) is 0 Å². The number of ether oxygens (including phenoxy) is 1. The lowest BCUT2D eigenvalue weighted by Crippen LogP contribution is -2.30. The second-order valence-corrected chi connectivity index (χ2v) is 5.17. The molecule has 100 valence electrons. The summed E-state index contributed by atoms with van der Waals surface area (Å²) in [5.74, 6) is 0.335. The maximum atomic E-state index is 13.6. The normalized spacial score (nSPS) is 20.0. The van der Waals surface area contributed by atoms with Crippen LogP contribution in [0.4, 0.5) is 4.39 Å². The van der Waals surface area contributed by atoms with Gasteiger partial charge in [0, 0.05) is 12.2 Å². The molecule has 0 radical (unpaired) electrons. The molecule has 1 aromatic carbocycles. The summed E-state index contributed by atoms with van der Waals surface area (Å²) in [7, 11) is 0. The van der Waals surface area contributed by atoms with E-state index >= 15 is 0 Å². The molecule has 2 rings (SSSR count). The van der Waals surface area contributed by atoms with E-state index in [1.807, 2.05) is 0 Å². The Morgan fingerprint density at radius 1 is 1.44 bits per heavy atom. The molecule has 1 saturated heterocycles. The molecule has 0 spiro atoms. The van der Waals surface area contributed by atoms with Crippen LogP contribution in [0.3, 0.4) is 0 Å². The van der Waals surface area contributed by atoms with Crippen molar-refractivity contribution in [3.63, 3.8) is 0 Å². The first-order valence-corrected chi connectivity index (χ1v) is 6.86. The summed E-state index contributed by atoms with van der Waals surface area (Å²) in [6.45, 7) is 3.19. The van der Waals surface area contributed by atoms with Crippen LogP contribution in [0.1, 0.15) is 24.8 Å². The molecule has 0 amide bonds. The van der Waals surface area contributed by atoms with Crippen LogP contribution in [0.2, 0.25) is 5.02 Å². The molecule has 1 N–H and O–H groups in total. The fourth-order valence-corrected chi connectivity index (χ4v) is 2.46. The fourth-order valence-electron chi connectivity index (χ4n) is 2.26. The van der Waals surface area contributed by atoms with Crippen molar-refractivity contribution in [1.29, 1.82) is 0 Å². The fraction of sp³-hybridized carbons (Fsp3) is 0.571. The zero-order valence-corrected chi connectivity index (χ0v) is 11.2.